The van der Waals surface area contributed by atoms with Gasteiger partial charge in [0, 0.05) is 26.2 Å². The van der Waals surface area contributed by atoms with Crippen molar-refractivity contribution in [2.75, 3.05) is 26.3 Å². The molecule has 4 nitrogen and oxygen atoms in total. The third-order valence-electron chi connectivity index (χ3n) is 2.95. The number of nitrogens with one attached hydrogen (secondary N) is 1. The molecule has 0 bridgehead atoms. The quantitative estimate of drug-likeness (QED) is 0.583. The van der Waals surface area contributed by atoms with Crippen LogP contribution in [0.3, 0.4) is 0 Å². The molecule has 1 aliphatic rings. The van der Waals surface area contributed by atoms with Gasteiger partial charge in [0.1, 0.15) is 0 Å². The monoisotopic (exact) mass is 214 g/mol. The highest BCUT2D eigenvalue weighted by Crippen LogP contribution is 2.43. The van der Waals surface area contributed by atoms with E-state index in [4.69, 9.17) is 10.5 Å². The molecule has 1 fully saturated rings. The van der Waals surface area contributed by atoms with Crippen LogP contribution in [-0.2, 0) is 9.53 Å². The molecule has 0 spiro atoms. The van der Waals surface area contributed by atoms with Crippen LogP contribution in [0.4, 0.5) is 0 Å². The summed E-state index contributed by atoms with van der Waals surface area (Å²) in [5.74, 6) is 0.120. The minimum atomic E-state index is 0.120. The van der Waals surface area contributed by atoms with Crippen LogP contribution >= 0.6 is 0 Å². The van der Waals surface area contributed by atoms with Gasteiger partial charge in [0.2, 0.25) is 5.91 Å². The third-order valence-corrected chi connectivity index (χ3v) is 2.95. The number of carbonyl (C=O) groups excluding carboxylic acids is 1. The Morgan fingerprint density at radius 3 is 2.80 bits per heavy atom. The second-order valence-corrected chi connectivity index (χ2v) is 4.28. The van der Waals surface area contributed by atoms with Crippen LogP contribution in [0, 0.1) is 5.41 Å². The molecule has 0 saturated heterocycles. The Kier molecular flexibility index (Phi) is 5.05. The smallest absolute Gasteiger partial charge is 0.220 e. The lowest BCUT2D eigenvalue weighted by Gasteiger charge is -2.13. The lowest BCUT2D eigenvalue weighted by atomic mass is 10.1. The summed E-state index contributed by atoms with van der Waals surface area (Å²) in [4.78, 5) is 11.4. The van der Waals surface area contributed by atoms with Gasteiger partial charge in [-0.2, -0.15) is 0 Å². The number of ether oxygens (including phenoxy) is 1. The van der Waals surface area contributed by atoms with E-state index < -0.39 is 0 Å². The summed E-state index contributed by atoms with van der Waals surface area (Å²) in [5, 5.41) is 2.94. The molecule has 0 radical (unpaired) electrons. The highest BCUT2D eigenvalue weighted by Gasteiger charge is 2.41. The van der Waals surface area contributed by atoms with Gasteiger partial charge in [-0.3, -0.25) is 4.79 Å². The van der Waals surface area contributed by atoms with E-state index in [2.05, 4.69) is 5.32 Å². The Bertz CT molecular complexity index is 203. The minimum Gasteiger partial charge on any atom is -0.382 e. The average molecular weight is 214 g/mol. The van der Waals surface area contributed by atoms with E-state index in [1.54, 1.807) is 0 Å². The molecule has 1 amide bonds. The SMILES string of the molecule is CCOCCCC(=O)NCC1(CN)CC1. The van der Waals surface area contributed by atoms with Gasteiger partial charge < -0.3 is 15.8 Å². The molecule has 0 aromatic rings. The van der Waals surface area contributed by atoms with Crippen LogP contribution in [0.2, 0.25) is 0 Å². The molecule has 0 aromatic heterocycles. The maximum Gasteiger partial charge on any atom is 0.220 e. The molecule has 1 aliphatic carbocycles. The average Bonchev–Trinajstić information content (AvgIpc) is 3.02. The van der Waals surface area contributed by atoms with Gasteiger partial charge >= 0.3 is 0 Å². The van der Waals surface area contributed by atoms with Crippen LogP contribution in [0.25, 0.3) is 0 Å². The number of carbonyl (C=O) groups is 1. The molecule has 0 unspecified atom stereocenters. The molecular weight excluding hydrogens is 192 g/mol. The number of hydrogen-bond donors (Lipinski definition) is 2. The summed E-state index contributed by atoms with van der Waals surface area (Å²) in [6, 6.07) is 0. The van der Waals surface area contributed by atoms with E-state index in [-0.39, 0.29) is 11.3 Å². The minimum absolute atomic E-state index is 0.120. The molecule has 3 N–H and O–H groups in total. The molecule has 0 aliphatic heterocycles. The topological polar surface area (TPSA) is 64.3 Å². The Labute approximate surface area is 91.5 Å². The van der Waals surface area contributed by atoms with Crippen molar-refractivity contribution >= 4 is 5.91 Å². The fourth-order valence-corrected chi connectivity index (χ4v) is 1.48. The summed E-state index contributed by atoms with van der Waals surface area (Å²) in [6.07, 6.45) is 3.67. The van der Waals surface area contributed by atoms with Crippen LogP contribution < -0.4 is 11.1 Å². The Morgan fingerprint density at radius 1 is 1.53 bits per heavy atom. The van der Waals surface area contributed by atoms with Gasteiger partial charge in [0.05, 0.1) is 0 Å². The van der Waals surface area contributed by atoms with E-state index in [0.29, 0.717) is 19.6 Å². The first-order valence-corrected chi connectivity index (χ1v) is 5.77. The van der Waals surface area contributed by atoms with Crippen molar-refractivity contribution in [3.8, 4) is 0 Å². The zero-order valence-corrected chi connectivity index (χ0v) is 9.55. The first-order chi connectivity index (χ1) is 7.22. The Morgan fingerprint density at radius 2 is 2.27 bits per heavy atom. The van der Waals surface area contributed by atoms with Gasteiger partial charge in [0.25, 0.3) is 0 Å². The summed E-state index contributed by atoms with van der Waals surface area (Å²) in [7, 11) is 0. The van der Waals surface area contributed by atoms with Gasteiger partial charge in [0.15, 0.2) is 0 Å². The van der Waals surface area contributed by atoms with Gasteiger partial charge in [-0.15, -0.1) is 0 Å². The lowest BCUT2D eigenvalue weighted by molar-refractivity contribution is -0.121. The molecule has 15 heavy (non-hydrogen) atoms. The van der Waals surface area contributed by atoms with Crippen molar-refractivity contribution in [1.82, 2.24) is 5.32 Å². The van der Waals surface area contributed by atoms with Crippen LogP contribution in [0.5, 0.6) is 0 Å². The Balaban J connectivity index is 1.99. The maximum absolute atomic E-state index is 11.4. The van der Waals surface area contributed by atoms with Crippen molar-refractivity contribution < 1.29 is 9.53 Å². The fraction of sp³-hybridized carbons (Fsp3) is 0.909. The highest BCUT2D eigenvalue weighted by molar-refractivity contribution is 5.75. The zero-order chi connectivity index (χ0) is 11.1. The van der Waals surface area contributed by atoms with Crippen LogP contribution in [-0.4, -0.2) is 32.2 Å². The molecule has 0 aromatic carbocycles. The lowest BCUT2D eigenvalue weighted by Crippen LogP contribution is -2.33. The molecule has 0 atom stereocenters. The molecule has 0 heterocycles. The van der Waals surface area contributed by atoms with Gasteiger partial charge in [-0.1, -0.05) is 0 Å². The second-order valence-electron chi connectivity index (χ2n) is 4.28. The predicted molar refractivity (Wildman–Crippen MR) is 59.5 cm³/mol. The maximum atomic E-state index is 11.4. The van der Waals surface area contributed by atoms with Crippen molar-refractivity contribution in [2.24, 2.45) is 11.1 Å². The first kappa shape index (κ1) is 12.5. The molecule has 1 saturated carbocycles. The summed E-state index contributed by atoms with van der Waals surface area (Å²) in [5.41, 5.74) is 5.86. The largest absolute Gasteiger partial charge is 0.382 e. The van der Waals surface area contributed by atoms with Crippen molar-refractivity contribution in [3.63, 3.8) is 0 Å². The summed E-state index contributed by atoms with van der Waals surface area (Å²) >= 11 is 0. The number of hydrogen-bond acceptors (Lipinski definition) is 3. The number of nitrogens with two attached hydrogens (primary N) is 1. The second kappa shape index (κ2) is 6.08. The van der Waals surface area contributed by atoms with Crippen molar-refractivity contribution in [3.05, 3.63) is 0 Å². The third kappa shape index (κ3) is 4.62. The van der Waals surface area contributed by atoms with E-state index in [9.17, 15) is 4.79 Å². The summed E-state index contributed by atoms with van der Waals surface area (Å²) < 4.78 is 5.16. The summed E-state index contributed by atoms with van der Waals surface area (Å²) in [6.45, 7) is 4.78. The van der Waals surface area contributed by atoms with E-state index in [1.165, 1.54) is 0 Å². The molecule has 1 rings (SSSR count). The fourth-order valence-electron chi connectivity index (χ4n) is 1.48. The van der Waals surface area contributed by atoms with Crippen LogP contribution in [0.15, 0.2) is 0 Å². The van der Waals surface area contributed by atoms with Gasteiger partial charge in [-0.05, 0) is 38.1 Å². The van der Waals surface area contributed by atoms with E-state index in [1.807, 2.05) is 6.92 Å². The number of rotatable bonds is 8. The molecule has 88 valence electrons. The highest BCUT2D eigenvalue weighted by atomic mass is 16.5. The standard InChI is InChI=1S/C11H22N2O2/c1-2-15-7-3-4-10(14)13-9-11(8-12)5-6-11/h2-9,12H2,1H3,(H,13,14). The van der Waals surface area contributed by atoms with E-state index >= 15 is 0 Å². The molecule has 4 heteroatoms. The van der Waals surface area contributed by atoms with E-state index in [0.717, 1.165) is 32.4 Å². The van der Waals surface area contributed by atoms with Gasteiger partial charge in [-0.25, -0.2) is 0 Å². The van der Waals surface area contributed by atoms with Crippen molar-refractivity contribution in [2.45, 2.75) is 32.6 Å². The normalized spacial score (nSPS) is 17.5. The number of amides is 1. The molecular formula is C11H22N2O2. The van der Waals surface area contributed by atoms with Crippen LogP contribution in [0.1, 0.15) is 32.6 Å². The predicted octanol–water partition coefficient (Wildman–Crippen LogP) is 0.658. The zero-order valence-electron chi connectivity index (χ0n) is 9.55. The first-order valence-electron chi connectivity index (χ1n) is 5.77. The Hall–Kier alpha value is -0.610. The van der Waals surface area contributed by atoms with Crippen molar-refractivity contribution in [1.29, 1.82) is 0 Å².